The van der Waals surface area contributed by atoms with Gasteiger partial charge >= 0.3 is 0 Å². The molecule has 4 aromatic rings. The van der Waals surface area contributed by atoms with Gasteiger partial charge in [-0.1, -0.05) is 35.5 Å². The summed E-state index contributed by atoms with van der Waals surface area (Å²) in [6, 6.07) is 15.2. The Labute approximate surface area is 159 Å². The number of carbonyl (C=O) groups excluding carboxylic acids is 1. The fourth-order valence-electron chi connectivity index (χ4n) is 2.53. The van der Waals surface area contributed by atoms with Crippen LogP contribution >= 0.6 is 11.3 Å². The van der Waals surface area contributed by atoms with E-state index in [4.69, 9.17) is 4.52 Å². The van der Waals surface area contributed by atoms with Crippen molar-refractivity contribution in [2.45, 2.75) is 20.0 Å². The van der Waals surface area contributed by atoms with Gasteiger partial charge in [-0.05, 0) is 25.1 Å². The first-order valence-electron chi connectivity index (χ1n) is 8.53. The molecule has 1 aromatic carbocycles. The predicted octanol–water partition coefficient (Wildman–Crippen LogP) is 3.61. The summed E-state index contributed by atoms with van der Waals surface area (Å²) in [5.74, 6) is 0.833. The van der Waals surface area contributed by atoms with Crippen LogP contribution in [0.4, 0.5) is 0 Å². The second-order valence-electron chi connectivity index (χ2n) is 5.79. The fourth-order valence-corrected chi connectivity index (χ4v) is 3.40. The summed E-state index contributed by atoms with van der Waals surface area (Å²) in [4.78, 5) is 18.5. The average Bonchev–Trinajstić information content (AvgIpc) is 3.46. The van der Waals surface area contributed by atoms with Crippen LogP contribution in [0.2, 0.25) is 0 Å². The Morgan fingerprint density at radius 1 is 1.19 bits per heavy atom. The van der Waals surface area contributed by atoms with Crippen molar-refractivity contribution in [2.75, 3.05) is 0 Å². The van der Waals surface area contributed by atoms with Crippen molar-refractivity contribution in [3.8, 4) is 22.2 Å². The summed E-state index contributed by atoms with van der Waals surface area (Å²) in [6.45, 7) is 3.13. The highest BCUT2D eigenvalue weighted by Gasteiger charge is 2.14. The molecule has 1 amide bonds. The fraction of sp³-hybridized carbons (Fsp3) is 0.158. The van der Waals surface area contributed by atoms with Gasteiger partial charge in [0, 0.05) is 23.2 Å². The minimum atomic E-state index is -0.193. The molecule has 3 aromatic heterocycles. The number of carbonyl (C=O) groups is 1. The predicted molar refractivity (Wildman–Crippen MR) is 102 cm³/mol. The number of benzene rings is 1. The highest BCUT2D eigenvalue weighted by atomic mass is 32.1. The second-order valence-corrected chi connectivity index (χ2v) is 6.96. The number of aryl methyl sites for hydroxylation is 1. The molecule has 27 heavy (non-hydrogen) atoms. The molecule has 0 spiro atoms. The zero-order valence-corrected chi connectivity index (χ0v) is 15.4. The number of amides is 1. The molecular formula is C19H17N5O2S. The summed E-state index contributed by atoms with van der Waals surface area (Å²) in [7, 11) is 0. The first-order valence-corrected chi connectivity index (χ1v) is 9.34. The van der Waals surface area contributed by atoms with E-state index < -0.39 is 0 Å². The van der Waals surface area contributed by atoms with E-state index in [0.717, 1.165) is 21.9 Å². The Bertz CT molecular complexity index is 1050. The van der Waals surface area contributed by atoms with E-state index in [0.29, 0.717) is 24.0 Å². The van der Waals surface area contributed by atoms with E-state index in [2.05, 4.69) is 20.6 Å². The van der Waals surface area contributed by atoms with Crippen LogP contribution in [0.3, 0.4) is 0 Å². The Hall–Kier alpha value is -3.26. The maximum atomic E-state index is 12.2. The van der Waals surface area contributed by atoms with E-state index in [1.165, 1.54) is 11.3 Å². The van der Waals surface area contributed by atoms with Crippen LogP contribution in [-0.4, -0.2) is 25.8 Å². The van der Waals surface area contributed by atoms with Crippen molar-refractivity contribution in [3.05, 3.63) is 65.3 Å². The maximum Gasteiger partial charge on any atom is 0.272 e. The lowest BCUT2D eigenvalue weighted by atomic mass is 10.2. The molecular weight excluding hydrogens is 362 g/mol. The van der Waals surface area contributed by atoms with Crippen molar-refractivity contribution >= 4 is 17.2 Å². The molecule has 4 rings (SSSR count). The first kappa shape index (κ1) is 17.2. The standard InChI is InChI=1S/C19H17N5O2S/c1-2-24-11-10-15(22-24)18(25)20-12-14-8-9-16(27-14)19-21-17(23-26-19)13-6-4-3-5-7-13/h3-11H,2,12H2,1H3,(H,20,25). The van der Waals surface area contributed by atoms with Crippen molar-refractivity contribution in [1.82, 2.24) is 25.2 Å². The van der Waals surface area contributed by atoms with Crippen molar-refractivity contribution in [1.29, 1.82) is 0 Å². The molecule has 0 fully saturated rings. The summed E-state index contributed by atoms with van der Waals surface area (Å²) in [5.41, 5.74) is 1.32. The van der Waals surface area contributed by atoms with Crippen LogP contribution in [0, 0.1) is 0 Å². The largest absolute Gasteiger partial charge is 0.346 e. The van der Waals surface area contributed by atoms with Gasteiger partial charge in [-0.2, -0.15) is 10.1 Å². The molecule has 0 aliphatic heterocycles. The number of nitrogens with one attached hydrogen (secondary N) is 1. The number of thiophene rings is 1. The van der Waals surface area contributed by atoms with Gasteiger partial charge in [0.25, 0.3) is 11.8 Å². The van der Waals surface area contributed by atoms with Crippen LogP contribution in [-0.2, 0) is 13.1 Å². The van der Waals surface area contributed by atoms with Gasteiger partial charge in [-0.15, -0.1) is 11.3 Å². The number of aromatic nitrogens is 4. The summed E-state index contributed by atoms with van der Waals surface area (Å²) in [5, 5.41) is 11.1. The van der Waals surface area contributed by atoms with Gasteiger partial charge in [0.15, 0.2) is 0 Å². The van der Waals surface area contributed by atoms with Crippen LogP contribution < -0.4 is 5.32 Å². The molecule has 0 saturated carbocycles. The Morgan fingerprint density at radius 2 is 2.04 bits per heavy atom. The average molecular weight is 379 g/mol. The molecule has 0 saturated heterocycles. The van der Waals surface area contributed by atoms with Crippen molar-refractivity contribution in [2.24, 2.45) is 0 Å². The van der Waals surface area contributed by atoms with Crippen molar-refractivity contribution in [3.63, 3.8) is 0 Å². The maximum absolute atomic E-state index is 12.2. The second kappa shape index (κ2) is 7.55. The third-order valence-electron chi connectivity index (χ3n) is 3.95. The van der Waals surface area contributed by atoms with Gasteiger partial charge in [0.2, 0.25) is 5.82 Å². The number of rotatable bonds is 6. The molecule has 0 unspecified atom stereocenters. The molecule has 0 radical (unpaired) electrons. The van der Waals surface area contributed by atoms with Gasteiger partial charge in [0.1, 0.15) is 5.69 Å². The normalized spacial score (nSPS) is 10.9. The molecule has 0 aliphatic carbocycles. The molecule has 7 nitrogen and oxygen atoms in total. The minimum Gasteiger partial charge on any atom is -0.346 e. The first-order chi connectivity index (χ1) is 13.2. The lowest BCUT2D eigenvalue weighted by Crippen LogP contribution is -2.23. The van der Waals surface area contributed by atoms with Gasteiger partial charge in [0.05, 0.1) is 11.4 Å². The van der Waals surface area contributed by atoms with E-state index in [9.17, 15) is 4.79 Å². The zero-order chi connectivity index (χ0) is 18.6. The Balaban J connectivity index is 1.41. The van der Waals surface area contributed by atoms with Crippen molar-refractivity contribution < 1.29 is 9.32 Å². The Kier molecular flexibility index (Phi) is 4.80. The topological polar surface area (TPSA) is 85.8 Å². The summed E-state index contributed by atoms with van der Waals surface area (Å²) >= 11 is 1.50. The molecule has 0 aliphatic rings. The molecule has 0 bridgehead atoms. The zero-order valence-electron chi connectivity index (χ0n) is 14.6. The summed E-state index contributed by atoms with van der Waals surface area (Å²) < 4.78 is 7.10. The van der Waals surface area contributed by atoms with Gasteiger partial charge in [-0.25, -0.2) is 0 Å². The third kappa shape index (κ3) is 3.80. The SMILES string of the molecule is CCn1ccc(C(=O)NCc2ccc(-c3nc(-c4ccccc4)no3)s2)n1. The highest BCUT2D eigenvalue weighted by molar-refractivity contribution is 7.15. The molecule has 3 heterocycles. The number of hydrogen-bond donors (Lipinski definition) is 1. The molecule has 0 atom stereocenters. The van der Waals surface area contributed by atoms with Crippen LogP contribution in [0.1, 0.15) is 22.3 Å². The van der Waals surface area contributed by atoms with Gasteiger partial charge < -0.3 is 9.84 Å². The van der Waals surface area contributed by atoms with Crippen LogP contribution in [0.15, 0.2) is 59.3 Å². The molecule has 8 heteroatoms. The molecule has 1 N–H and O–H groups in total. The minimum absolute atomic E-state index is 0.193. The molecule has 136 valence electrons. The van der Waals surface area contributed by atoms with Crippen LogP contribution in [0.5, 0.6) is 0 Å². The lowest BCUT2D eigenvalue weighted by molar-refractivity contribution is 0.0945. The van der Waals surface area contributed by atoms with E-state index >= 15 is 0 Å². The lowest BCUT2D eigenvalue weighted by Gasteiger charge is -2.00. The number of hydrogen-bond acceptors (Lipinski definition) is 6. The monoisotopic (exact) mass is 379 g/mol. The van der Waals surface area contributed by atoms with Crippen LogP contribution in [0.25, 0.3) is 22.2 Å². The van der Waals surface area contributed by atoms with E-state index in [1.54, 1.807) is 16.9 Å². The summed E-state index contributed by atoms with van der Waals surface area (Å²) in [6.07, 6.45) is 1.79. The van der Waals surface area contributed by atoms with E-state index in [-0.39, 0.29) is 5.91 Å². The highest BCUT2D eigenvalue weighted by Crippen LogP contribution is 2.28. The number of nitrogens with zero attached hydrogens (tertiary/aromatic N) is 4. The van der Waals surface area contributed by atoms with Gasteiger partial charge in [-0.3, -0.25) is 9.48 Å². The Morgan fingerprint density at radius 3 is 2.81 bits per heavy atom. The smallest absolute Gasteiger partial charge is 0.272 e. The quantitative estimate of drug-likeness (QED) is 0.553. The third-order valence-corrected chi connectivity index (χ3v) is 5.02. The van der Waals surface area contributed by atoms with E-state index in [1.807, 2.05) is 49.4 Å².